The smallest absolute Gasteiger partial charge is 0.138 e. The molecule has 0 saturated heterocycles. The zero-order valence-electron chi connectivity index (χ0n) is 11.7. The normalized spacial score (nSPS) is 19.6. The van der Waals surface area contributed by atoms with Gasteiger partial charge < -0.3 is 10.5 Å². The number of fused-ring (bicyclic) bond motifs is 1. The van der Waals surface area contributed by atoms with E-state index in [9.17, 15) is 0 Å². The number of rotatable bonds is 4. The Labute approximate surface area is 118 Å². The second kappa shape index (κ2) is 5.73. The van der Waals surface area contributed by atoms with E-state index in [1.54, 1.807) is 6.33 Å². The van der Waals surface area contributed by atoms with Crippen molar-refractivity contribution in [2.24, 2.45) is 5.73 Å². The van der Waals surface area contributed by atoms with Gasteiger partial charge >= 0.3 is 0 Å². The third-order valence-electron chi connectivity index (χ3n) is 3.83. The fourth-order valence-corrected chi connectivity index (χ4v) is 2.81. The van der Waals surface area contributed by atoms with Gasteiger partial charge in [0.2, 0.25) is 0 Å². The van der Waals surface area contributed by atoms with Crippen molar-refractivity contribution >= 4 is 0 Å². The average molecular weight is 272 g/mol. The van der Waals surface area contributed by atoms with Crippen LogP contribution >= 0.6 is 0 Å². The van der Waals surface area contributed by atoms with E-state index in [-0.39, 0.29) is 12.1 Å². The number of ether oxygens (including phenoxy) is 1. The van der Waals surface area contributed by atoms with Crippen LogP contribution in [0.5, 0.6) is 0 Å². The van der Waals surface area contributed by atoms with Crippen LogP contribution in [0.2, 0.25) is 0 Å². The first-order chi connectivity index (χ1) is 9.79. The first-order valence-electron chi connectivity index (χ1n) is 7.11. The minimum atomic E-state index is -0.106. The van der Waals surface area contributed by atoms with E-state index in [1.165, 1.54) is 11.1 Å². The summed E-state index contributed by atoms with van der Waals surface area (Å²) in [5.41, 5.74) is 8.93. The van der Waals surface area contributed by atoms with Crippen LogP contribution in [-0.4, -0.2) is 27.4 Å². The van der Waals surface area contributed by atoms with Crippen LogP contribution in [0.25, 0.3) is 0 Å². The van der Waals surface area contributed by atoms with Crippen molar-refractivity contribution < 1.29 is 4.74 Å². The predicted octanol–water partition coefficient (Wildman–Crippen LogP) is 1.48. The molecule has 1 aromatic heterocycles. The maximum Gasteiger partial charge on any atom is 0.138 e. The topological polar surface area (TPSA) is 66.0 Å². The van der Waals surface area contributed by atoms with E-state index in [2.05, 4.69) is 35.2 Å². The lowest BCUT2D eigenvalue weighted by atomic mass is 9.92. The minimum Gasteiger partial charge on any atom is -0.372 e. The summed E-state index contributed by atoms with van der Waals surface area (Å²) in [6, 6.07) is 8.28. The summed E-state index contributed by atoms with van der Waals surface area (Å²) in [7, 11) is 0. The van der Waals surface area contributed by atoms with Gasteiger partial charge in [-0.05, 0) is 24.5 Å². The van der Waals surface area contributed by atoms with Gasteiger partial charge in [0.1, 0.15) is 12.2 Å². The molecule has 0 spiro atoms. The highest BCUT2D eigenvalue weighted by Gasteiger charge is 2.27. The second-order valence-corrected chi connectivity index (χ2v) is 5.10. The number of aryl methyl sites for hydroxylation is 1. The SMILES string of the molecule is CCn1ncnc1CC(N)C1OCCc2ccccc21. The predicted molar refractivity (Wildman–Crippen MR) is 76.2 cm³/mol. The molecule has 0 amide bonds. The molecule has 0 saturated carbocycles. The number of benzene rings is 1. The Balaban J connectivity index is 1.80. The molecular formula is C15H20N4O. The fourth-order valence-electron chi connectivity index (χ4n) is 2.81. The molecule has 3 rings (SSSR count). The van der Waals surface area contributed by atoms with Crippen molar-refractivity contribution in [2.45, 2.75) is 38.5 Å². The number of hydrogen-bond acceptors (Lipinski definition) is 4. The highest BCUT2D eigenvalue weighted by atomic mass is 16.5. The van der Waals surface area contributed by atoms with E-state index in [0.717, 1.165) is 25.4 Å². The summed E-state index contributed by atoms with van der Waals surface area (Å²) in [6.45, 7) is 3.59. The summed E-state index contributed by atoms with van der Waals surface area (Å²) in [5.74, 6) is 0.923. The third kappa shape index (κ3) is 2.46. The van der Waals surface area contributed by atoms with Crippen molar-refractivity contribution in [1.29, 1.82) is 0 Å². The van der Waals surface area contributed by atoms with Gasteiger partial charge in [0.15, 0.2) is 0 Å². The van der Waals surface area contributed by atoms with E-state index in [4.69, 9.17) is 10.5 Å². The molecule has 2 aromatic rings. The molecule has 2 unspecified atom stereocenters. The van der Waals surface area contributed by atoms with Gasteiger partial charge in [-0.15, -0.1) is 0 Å². The van der Waals surface area contributed by atoms with Crippen LogP contribution in [0.3, 0.4) is 0 Å². The lowest BCUT2D eigenvalue weighted by Gasteiger charge is -2.30. The van der Waals surface area contributed by atoms with E-state index in [0.29, 0.717) is 6.42 Å². The van der Waals surface area contributed by atoms with E-state index < -0.39 is 0 Å². The molecule has 5 heteroatoms. The quantitative estimate of drug-likeness (QED) is 0.915. The Morgan fingerprint density at radius 2 is 2.30 bits per heavy atom. The van der Waals surface area contributed by atoms with Crippen LogP contribution in [0.15, 0.2) is 30.6 Å². The van der Waals surface area contributed by atoms with Crippen LogP contribution in [-0.2, 0) is 24.1 Å². The summed E-state index contributed by atoms with van der Waals surface area (Å²) in [6.07, 6.45) is 3.17. The Kier molecular flexibility index (Phi) is 3.80. The van der Waals surface area contributed by atoms with E-state index >= 15 is 0 Å². The van der Waals surface area contributed by atoms with Crippen molar-refractivity contribution in [1.82, 2.24) is 14.8 Å². The van der Waals surface area contributed by atoms with Crippen molar-refractivity contribution in [3.05, 3.63) is 47.5 Å². The Bertz CT molecular complexity index is 581. The zero-order valence-corrected chi connectivity index (χ0v) is 11.7. The van der Waals surface area contributed by atoms with Crippen LogP contribution < -0.4 is 5.73 Å². The van der Waals surface area contributed by atoms with Crippen LogP contribution in [0, 0.1) is 0 Å². The van der Waals surface area contributed by atoms with Gasteiger partial charge in [-0.3, -0.25) is 4.68 Å². The lowest BCUT2D eigenvalue weighted by Crippen LogP contribution is -2.36. The Morgan fingerprint density at radius 3 is 3.15 bits per heavy atom. The summed E-state index contributed by atoms with van der Waals surface area (Å²) in [4.78, 5) is 4.29. The molecule has 0 fully saturated rings. The first-order valence-corrected chi connectivity index (χ1v) is 7.11. The Morgan fingerprint density at radius 1 is 1.45 bits per heavy atom. The highest BCUT2D eigenvalue weighted by molar-refractivity contribution is 5.32. The molecule has 1 aliphatic rings. The maximum absolute atomic E-state index is 6.37. The van der Waals surface area contributed by atoms with Gasteiger partial charge in [-0.25, -0.2) is 4.98 Å². The molecule has 1 aromatic carbocycles. The molecule has 1 aliphatic heterocycles. The molecule has 106 valence electrons. The summed E-state index contributed by atoms with van der Waals surface area (Å²) < 4.78 is 7.79. The molecule has 20 heavy (non-hydrogen) atoms. The van der Waals surface area contributed by atoms with Gasteiger partial charge in [0.25, 0.3) is 0 Å². The fraction of sp³-hybridized carbons (Fsp3) is 0.467. The highest BCUT2D eigenvalue weighted by Crippen LogP contribution is 2.29. The molecule has 2 atom stereocenters. The average Bonchev–Trinajstić information content (AvgIpc) is 2.93. The van der Waals surface area contributed by atoms with Crippen LogP contribution in [0.4, 0.5) is 0 Å². The molecule has 0 aliphatic carbocycles. The van der Waals surface area contributed by atoms with Gasteiger partial charge in [-0.2, -0.15) is 5.10 Å². The van der Waals surface area contributed by atoms with Gasteiger partial charge in [0, 0.05) is 19.0 Å². The molecule has 2 heterocycles. The van der Waals surface area contributed by atoms with Crippen molar-refractivity contribution in [3.8, 4) is 0 Å². The number of aromatic nitrogens is 3. The number of nitrogens with zero attached hydrogens (tertiary/aromatic N) is 3. The monoisotopic (exact) mass is 272 g/mol. The van der Waals surface area contributed by atoms with Gasteiger partial charge in [0.05, 0.1) is 12.7 Å². The zero-order chi connectivity index (χ0) is 13.9. The number of hydrogen-bond donors (Lipinski definition) is 1. The molecule has 0 radical (unpaired) electrons. The van der Waals surface area contributed by atoms with Crippen molar-refractivity contribution in [2.75, 3.05) is 6.61 Å². The lowest BCUT2D eigenvalue weighted by molar-refractivity contribution is 0.0240. The largest absolute Gasteiger partial charge is 0.372 e. The third-order valence-corrected chi connectivity index (χ3v) is 3.83. The van der Waals surface area contributed by atoms with Crippen molar-refractivity contribution in [3.63, 3.8) is 0 Å². The summed E-state index contributed by atoms with van der Waals surface area (Å²) >= 11 is 0. The standard InChI is InChI=1S/C15H20N4O/c1-2-19-14(17-10-18-19)9-13(16)15-12-6-4-3-5-11(12)7-8-20-15/h3-6,10,13,15H,2,7-9,16H2,1H3. The Hall–Kier alpha value is -1.72. The van der Waals surface area contributed by atoms with Gasteiger partial charge in [-0.1, -0.05) is 24.3 Å². The second-order valence-electron chi connectivity index (χ2n) is 5.10. The first kappa shape index (κ1) is 13.3. The molecular weight excluding hydrogens is 252 g/mol. The van der Waals surface area contributed by atoms with Crippen LogP contribution in [0.1, 0.15) is 30.0 Å². The maximum atomic E-state index is 6.37. The van der Waals surface area contributed by atoms with E-state index in [1.807, 2.05) is 10.7 Å². The molecule has 2 N–H and O–H groups in total. The molecule has 5 nitrogen and oxygen atoms in total. The summed E-state index contributed by atoms with van der Waals surface area (Å²) in [5, 5.41) is 4.19. The minimum absolute atomic E-state index is 0.0537. The number of nitrogens with two attached hydrogens (primary N) is 1. The molecule has 0 bridgehead atoms.